The molecule has 0 fully saturated rings. The van der Waals surface area contributed by atoms with Gasteiger partial charge in [0.1, 0.15) is 5.84 Å². The maximum absolute atomic E-state index is 11.7. The van der Waals surface area contributed by atoms with Crippen LogP contribution in [0.3, 0.4) is 0 Å². The van der Waals surface area contributed by atoms with Crippen molar-refractivity contribution in [1.29, 1.82) is 5.41 Å². The second-order valence-corrected chi connectivity index (χ2v) is 6.33. The van der Waals surface area contributed by atoms with Crippen LogP contribution in [-0.4, -0.2) is 27.3 Å². The quantitative estimate of drug-likeness (QED) is 0.528. The van der Waals surface area contributed by atoms with Gasteiger partial charge in [-0.15, -0.1) is 0 Å². The van der Waals surface area contributed by atoms with E-state index in [4.69, 9.17) is 21.0 Å². The van der Waals surface area contributed by atoms with Gasteiger partial charge in [0.15, 0.2) is 5.90 Å². The van der Waals surface area contributed by atoms with Crippen molar-refractivity contribution in [3.8, 4) is 0 Å². The van der Waals surface area contributed by atoms with Crippen molar-refractivity contribution in [2.24, 2.45) is 15.9 Å². The fourth-order valence-electron chi connectivity index (χ4n) is 2.50. The molecule has 5 N–H and O–H groups in total. The summed E-state index contributed by atoms with van der Waals surface area (Å²) >= 11 is 0. The molecule has 1 aliphatic carbocycles. The number of nitrogens with zero attached hydrogens (tertiary/aromatic N) is 1. The highest BCUT2D eigenvalue weighted by Gasteiger charge is 2.28. The first-order valence-electron chi connectivity index (χ1n) is 6.45. The lowest BCUT2D eigenvalue weighted by Crippen LogP contribution is -2.27. The molecule has 0 aromatic carbocycles. The second kappa shape index (κ2) is 5.82. The Morgan fingerprint density at radius 1 is 1.38 bits per heavy atom. The molecular weight excluding hydrogens is 292 g/mol. The summed E-state index contributed by atoms with van der Waals surface area (Å²) in [6, 6.07) is 0. The van der Waals surface area contributed by atoms with E-state index in [-0.39, 0.29) is 16.3 Å². The van der Waals surface area contributed by atoms with E-state index in [1.165, 1.54) is 6.08 Å². The molecule has 0 unspecified atom stereocenters. The van der Waals surface area contributed by atoms with E-state index in [0.717, 1.165) is 11.1 Å². The van der Waals surface area contributed by atoms with Crippen LogP contribution in [-0.2, 0) is 14.8 Å². The SMILES string of the molecule is COC1=NC=C(C2=C(C(=N)N)C(S(N)(=O)=O)=CCC2)CC1. The highest BCUT2D eigenvalue weighted by molar-refractivity contribution is 7.93. The molecule has 0 amide bonds. The van der Waals surface area contributed by atoms with Crippen molar-refractivity contribution in [1.82, 2.24) is 0 Å². The average molecular weight is 310 g/mol. The zero-order valence-electron chi connectivity index (χ0n) is 11.7. The monoisotopic (exact) mass is 310 g/mol. The van der Waals surface area contributed by atoms with Crippen molar-refractivity contribution >= 4 is 21.8 Å². The number of hydrogen-bond donors (Lipinski definition) is 3. The zero-order chi connectivity index (χ0) is 15.6. The Morgan fingerprint density at radius 2 is 2.10 bits per heavy atom. The maximum Gasteiger partial charge on any atom is 0.238 e. The molecule has 0 spiro atoms. The summed E-state index contributed by atoms with van der Waals surface area (Å²) in [5.74, 6) is 0.328. The van der Waals surface area contributed by atoms with E-state index in [0.29, 0.717) is 31.6 Å². The number of allylic oxidation sites excluding steroid dienone is 3. The highest BCUT2D eigenvalue weighted by Crippen LogP contribution is 2.35. The first-order valence-corrected chi connectivity index (χ1v) is 8.00. The van der Waals surface area contributed by atoms with E-state index in [2.05, 4.69) is 4.99 Å². The Bertz CT molecular complexity index is 699. The molecule has 114 valence electrons. The summed E-state index contributed by atoms with van der Waals surface area (Å²) < 4.78 is 28.4. The summed E-state index contributed by atoms with van der Waals surface area (Å²) in [5, 5.41) is 12.9. The van der Waals surface area contributed by atoms with E-state index < -0.39 is 10.0 Å². The first-order chi connectivity index (χ1) is 9.84. The van der Waals surface area contributed by atoms with Gasteiger partial charge in [-0.3, -0.25) is 5.41 Å². The van der Waals surface area contributed by atoms with Gasteiger partial charge in [0.05, 0.1) is 12.0 Å². The minimum atomic E-state index is -3.91. The largest absolute Gasteiger partial charge is 0.484 e. The number of nitrogens with two attached hydrogens (primary N) is 2. The highest BCUT2D eigenvalue weighted by atomic mass is 32.2. The number of methoxy groups -OCH3 is 1. The predicted octanol–water partition coefficient (Wildman–Crippen LogP) is 0.908. The van der Waals surface area contributed by atoms with Crippen LogP contribution in [0.1, 0.15) is 25.7 Å². The van der Waals surface area contributed by atoms with Gasteiger partial charge in [0.25, 0.3) is 0 Å². The van der Waals surface area contributed by atoms with E-state index in [9.17, 15) is 8.42 Å². The number of amidine groups is 1. The summed E-state index contributed by atoms with van der Waals surface area (Å²) in [6.07, 6.45) is 5.60. The number of sulfonamides is 1. The van der Waals surface area contributed by atoms with Gasteiger partial charge in [0.2, 0.25) is 10.0 Å². The van der Waals surface area contributed by atoms with Crippen LogP contribution in [0.25, 0.3) is 0 Å². The molecule has 2 rings (SSSR count). The van der Waals surface area contributed by atoms with E-state index in [1.807, 2.05) is 0 Å². The average Bonchev–Trinajstić information content (AvgIpc) is 2.45. The normalized spacial score (nSPS) is 19.6. The van der Waals surface area contributed by atoms with Gasteiger partial charge in [-0.2, -0.15) is 0 Å². The molecule has 0 bridgehead atoms. The molecule has 0 saturated heterocycles. The molecule has 8 heteroatoms. The van der Waals surface area contributed by atoms with Crippen LogP contribution < -0.4 is 10.9 Å². The topological polar surface area (TPSA) is 132 Å². The molecule has 1 aliphatic heterocycles. The van der Waals surface area contributed by atoms with Crippen LogP contribution in [0.15, 0.2) is 38.9 Å². The summed E-state index contributed by atoms with van der Waals surface area (Å²) in [7, 11) is -2.36. The Morgan fingerprint density at radius 3 is 2.57 bits per heavy atom. The Kier molecular flexibility index (Phi) is 4.29. The molecule has 0 saturated carbocycles. The summed E-state index contributed by atoms with van der Waals surface area (Å²) in [5.41, 5.74) is 7.38. The van der Waals surface area contributed by atoms with Crippen LogP contribution in [0.5, 0.6) is 0 Å². The van der Waals surface area contributed by atoms with Gasteiger partial charge in [-0.25, -0.2) is 18.5 Å². The summed E-state index contributed by atoms with van der Waals surface area (Å²) in [4.78, 5) is 4.10. The molecule has 21 heavy (non-hydrogen) atoms. The number of nitrogens with one attached hydrogen (secondary N) is 1. The van der Waals surface area contributed by atoms with Crippen LogP contribution in [0, 0.1) is 5.41 Å². The van der Waals surface area contributed by atoms with E-state index in [1.54, 1.807) is 13.3 Å². The number of primary sulfonamides is 1. The lowest BCUT2D eigenvalue weighted by atomic mass is 9.88. The van der Waals surface area contributed by atoms with Gasteiger partial charge in [-0.05, 0) is 30.4 Å². The molecule has 0 aromatic rings. The predicted molar refractivity (Wildman–Crippen MR) is 81.1 cm³/mol. The number of ether oxygens (including phenoxy) is 1. The molecule has 1 heterocycles. The lowest BCUT2D eigenvalue weighted by Gasteiger charge is -2.23. The standard InChI is InChI=1S/C13H18N4O3S/c1-20-11-6-5-8(7-17-11)9-3-2-4-10(21(16,18)19)12(9)13(14)15/h4,7H,2-3,5-6H2,1H3,(H3,14,15)(H2,16,18,19). The van der Waals surface area contributed by atoms with Gasteiger partial charge in [0, 0.05) is 18.2 Å². The zero-order valence-corrected chi connectivity index (χ0v) is 12.5. The van der Waals surface area contributed by atoms with E-state index >= 15 is 0 Å². The van der Waals surface area contributed by atoms with Crippen molar-refractivity contribution in [3.05, 3.63) is 33.9 Å². The van der Waals surface area contributed by atoms with Crippen LogP contribution >= 0.6 is 0 Å². The smallest absolute Gasteiger partial charge is 0.238 e. The third-order valence-corrected chi connectivity index (χ3v) is 4.43. The number of hydrogen-bond acceptors (Lipinski definition) is 5. The molecule has 7 nitrogen and oxygen atoms in total. The molecule has 2 aliphatic rings. The number of aliphatic imine (C=N–C) groups is 1. The second-order valence-electron chi connectivity index (χ2n) is 4.80. The van der Waals surface area contributed by atoms with Gasteiger partial charge < -0.3 is 10.5 Å². The Labute approximate surface area is 123 Å². The minimum Gasteiger partial charge on any atom is -0.484 e. The lowest BCUT2D eigenvalue weighted by molar-refractivity contribution is 0.388. The third-order valence-electron chi connectivity index (χ3n) is 3.44. The first kappa shape index (κ1) is 15.5. The van der Waals surface area contributed by atoms with Gasteiger partial charge >= 0.3 is 0 Å². The Hall–Kier alpha value is -1.93. The fourth-order valence-corrected chi connectivity index (χ4v) is 3.37. The maximum atomic E-state index is 11.7. The van der Waals surface area contributed by atoms with Crippen LogP contribution in [0.4, 0.5) is 0 Å². The molecule has 0 radical (unpaired) electrons. The summed E-state index contributed by atoms with van der Waals surface area (Å²) in [6.45, 7) is 0. The van der Waals surface area contributed by atoms with Crippen LogP contribution in [0.2, 0.25) is 0 Å². The van der Waals surface area contributed by atoms with Crippen molar-refractivity contribution < 1.29 is 13.2 Å². The Balaban J connectivity index is 2.54. The van der Waals surface area contributed by atoms with Crippen molar-refractivity contribution in [3.63, 3.8) is 0 Å². The molecule has 0 atom stereocenters. The van der Waals surface area contributed by atoms with Gasteiger partial charge in [-0.1, -0.05) is 6.08 Å². The number of rotatable bonds is 3. The molecule has 0 aromatic heterocycles. The fraction of sp³-hybridized carbons (Fsp3) is 0.385. The molecular formula is C13H18N4O3S. The third kappa shape index (κ3) is 3.22. The van der Waals surface area contributed by atoms with Crippen molar-refractivity contribution in [2.75, 3.05) is 7.11 Å². The minimum absolute atomic E-state index is 0.0707. The van der Waals surface area contributed by atoms with Crippen molar-refractivity contribution in [2.45, 2.75) is 25.7 Å².